The maximum absolute atomic E-state index is 13.7. The molecule has 7 nitrogen and oxygen atoms in total. The van der Waals surface area contributed by atoms with Crippen LogP contribution in [-0.4, -0.2) is 17.9 Å². The van der Waals surface area contributed by atoms with E-state index in [1.54, 1.807) is 18.2 Å². The van der Waals surface area contributed by atoms with Crippen LogP contribution < -0.4 is 5.73 Å². The van der Waals surface area contributed by atoms with Crippen LogP contribution in [0.1, 0.15) is 11.1 Å². The molecule has 0 radical (unpaired) electrons. The maximum atomic E-state index is 13.7. The van der Waals surface area contributed by atoms with Gasteiger partial charge in [-0.05, 0) is 35.4 Å². The van der Waals surface area contributed by atoms with Crippen LogP contribution in [0.25, 0.3) is 10.9 Å². The molecule has 32 heavy (non-hydrogen) atoms. The second-order valence-electron chi connectivity index (χ2n) is 7.18. The summed E-state index contributed by atoms with van der Waals surface area (Å²) in [5.41, 5.74) is 6.65. The van der Waals surface area contributed by atoms with E-state index in [0.29, 0.717) is 10.9 Å². The van der Waals surface area contributed by atoms with Crippen LogP contribution in [0.2, 0.25) is 0 Å². The topological polar surface area (TPSA) is 108 Å². The molecule has 10 heteroatoms. The van der Waals surface area contributed by atoms with E-state index >= 15 is 0 Å². The number of aromatic nitrogens is 1. The quantitative estimate of drug-likeness (QED) is 0.345. The minimum Gasteiger partial charge on any atom is -0.342 e. The van der Waals surface area contributed by atoms with Crippen molar-refractivity contribution in [2.45, 2.75) is 22.9 Å². The standard InChI is InChI=1S/C22H17F2N3O4S/c23-16-7-15(8-17(24)10-16)12-26-13-22(18-6-5-14(11-25)9-20(18)26)32(30,31)21-4-2-1-3-19(21)27(28)29/h1-10,13H,11-12,25H2. The number of sulfone groups is 1. The molecule has 0 amide bonds. The van der Waals surface area contributed by atoms with Gasteiger partial charge in [0.05, 0.1) is 9.82 Å². The largest absolute Gasteiger partial charge is 0.342 e. The van der Waals surface area contributed by atoms with E-state index in [4.69, 9.17) is 5.73 Å². The van der Waals surface area contributed by atoms with Gasteiger partial charge in [0.25, 0.3) is 5.69 Å². The van der Waals surface area contributed by atoms with Crippen LogP contribution in [0.5, 0.6) is 0 Å². The Kier molecular flexibility index (Phi) is 5.49. The van der Waals surface area contributed by atoms with Crippen LogP contribution in [0, 0.1) is 21.7 Å². The van der Waals surface area contributed by atoms with Crippen molar-refractivity contribution in [2.75, 3.05) is 0 Å². The van der Waals surface area contributed by atoms with E-state index in [9.17, 15) is 27.3 Å². The molecule has 0 unspecified atom stereocenters. The van der Waals surface area contributed by atoms with Gasteiger partial charge in [0.2, 0.25) is 9.84 Å². The van der Waals surface area contributed by atoms with E-state index in [2.05, 4.69) is 0 Å². The average molecular weight is 457 g/mol. The second kappa shape index (κ2) is 8.13. The van der Waals surface area contributed by atoms with E-state index in [0.717, 1.165) is 29.8 Å². The first-order chi connectivity index (χ1) is 15.2. The van der Waals surface area contributed by atoms with Crippen molar-refractivity contribution < 1.29 is 22.1 Å². The molecular formula is C22H17F2N3O4S. The number of nitro benzene ring substituents is 1. The zero-order chi connectivity index (χ0) is 23.0. The molecule has 0 saturated carbocycles. The molecule has 3 aromatic carbocycles. The van der Waals surface area contributed by atoms with Crippen molar-refractivity contribution in [3.05, 3.63) is 99.7 Å². The molecule has 0 aliphatic rings. The van der Waals surface area contributed by atoms with E-state index in [-0.39, 0.29) is 23.5 Å². The Morgan fingerprint density at radius 2 is 1.62 bits per heavy atom. The van der Waals surface area contributed by atoms with Crippen molar-refractivity contribution >= 4 is 26.4 Å². The summed E-state index contributed by atoms with van der Waals surface area (Å²) in [5.74, 6) is -1.52. The Balaban J connectivity index is 1.94. The molecule has 0 fully saturated rings. The van der Waals surface area contributed by atoms with Crippen LogP contribution >= 0.6 is 0 Å². The lowest BCUT2D eigenvalue weighted by Gasteiger charge is -2.07. The van der Waals surface area contributed by atoms with Crippen LogP contribution in [-0.2, 0) is 22.9 Å². The summed E-state index contributed by atoms with van der Waals surface area (Å²) in [6, 6.07) is 13.0. The summed E-state index contributed by atoms with van der Waals surface area (Å²) in [6.45, 7) is 0.174. The summed E-state index contributed by atoms with van der Waals surface area (Å²) in [5, 5.41) is 11.7. The van der Waals surface area contributed by atoms with Gasteiger partial charge in [0.1, 0.15) is 16.5 Å². The highest BCUT2D eigenvalue weighted by atomic mass is 32.2. The minimum absolute atomic E-state index is 0.0222. The maximum Gasteiger partial charge on any atom is 0.288 e. The number of hydrogen-bond acceptors (Lipinski definition) is 5. The van der Waals surface area contributed by atoms with Crippen molar-refractivity contribution in [1.82, 2.24) is 4.57 Å². The Labute approximate surface area is 181 Å². The molecule has 0 aliphatic carbocycles. The van der Waals surface area contributed by atoms with Crippen molar-refractivity contribution in [3.8, 4) is 0 Å². The zero-order valence-electron chi connectivity index (χ0n) is 16.5. The molecule has 164 valence electrons. The van der Waals surface area contributed by atoms with E-state index in [1.807, 2.05) is 0 Å². The lowest BCUT2D eigenvalue weighted by atomic mass is 10.1. The lowest BCUT2D eigenvalue weighted by Crippen LogP contribution is -2.05. The second-order valence-corrected chi connectivity index (χ2v) is 9.07. The molecule has 0 spiro atoms. The predicted octanol–water partition coefficient (Wildman–Crippen LogP) is 4.17. The highest BCUT2D eigenvalue weighted by Gasteiger charge is 2.30. The summed E-state index contributed by atoms with van der Waals surface area (Å²) >= 11 is 0. The number of halogens is 2. The van der Waals surface area contributed by atoms with Crippen LogP contribution in [0.3, 0.4) is 0 Å². The molecule has 1 heterocycles. The fourth-order valence-electron chi connectivity index (χ4n) is 3.63. The van der Waals surface area contributed by atoms with Crippen molar-refractivity contribution in [3.63, 3.8) is 0 Å². The first-order valence-corrected chi connectivity index (χ1v) is 10.9. The monoisotopic (exact) mass is 457 g/mol. The van der Waals surface area contributed by atoms with Crippen LogP contribution in [0.15, 0.2) is 76.7 Å². The Bertz CT molecular complexity index is 1450. The van der Waals surface area contributed by atoms with Gasteiger partial charge >= 0.3 is 0 Å². The Hall–Kier alpha value is -3.63. The van der Waals surface area contributed by atoms with Gasteiger partial charge in [-0.1, -0.05) is 24.3 Å². The highest BCUT2D eigenvalue weighted by Crippen LogP contribution is 2.35. The number of rotatable bonds is 6. The molecule has 0 atom stereocenters. The van der Waals surface area contributed by atoms with Gasteiger partial charge in [-0.25, -0.2) is 17.2 Å². The number of nitrogens with two attached hydrogens (primary N) is 1. The number of nitro groups is 1. The summed E-state index contributed by atoms with van der Waals surface area (Å²) < 4.78 is 55.8. The van der Waals surface area contributed by atoms with Crippen LogP contribution in [0.4, 0.5) is 14.5 Å². The van der Waals surface area contributed by atoms with Crippen molar-refractivity contribution in [2.24, 2.45) is 5.73 Å². The van der Waals surface area contributed by atoms with Gasteiger partial charge in [0, 0.05) is 42.3 Å². The molecule has 4 aromatic rings. The number of benzene rings is 3. The summed E-state index contributed by atoms with van der Waals surface area (Å²) in [7, 11) is -4.29. The predicted molar refractivity (Wildman–Crippen MR) is 114 cm³/mol. The number of hydrogen-bond donors (Lipinski definition) is 1. The van der Waals surface area contributed by atoms with Gasteiger partial charge in [0.15, 0.2) is 0 Å². The number of fused-ring (bicyclic) bond motifs is 1. The van der Waals surface area contributed by atoms with Gasteiger partial charge in [-0.2, -0.15) is 0 Å². The fourth-order valence-corrected chi connectivity index (χ4v) is 5.27. The lowest BCUT2D eigenvalue weighted by molar-refractivity contribution is -0.387. The first kappa shape index (κ1) is 21.6. The third kappa shape index (κ3) is 3.85. The Morgan fingerprint density at radius 3 is 2.28 bits per heavy atom. The average Bonchev–Trinajstić information content (AvgIpc) is 3.11. The van der Waals surface area contributed by atoms with Gasteiger partial charge < -0.3 is 10.3 Å². The Morgan fingerprint density at radius 1 is 0.938 bits per heavy atom. The van der Waals surface area contributed by atoms with E-state index < -0.39 is 37.0 Å². The third-order valence-corrected chi connectivity index (χ3v) is 6.89. The number of nitrogens with zero attached hydrogens (tertiary/aromatic N) is 2. The molecule has 1 aromatic heterocycles. The van der Waals surface area contributed by atoms with Crippen molar-refractivity contribution in [1.29, 1.82) is 0 Å². The molecule has 4 rings (SSSR count). The molecule has 0 saturated heterocycles. The highest BCUT2D eigenvalue weighted by molar-refractivity contribution is 7.91. The first-order valence-electron chi connectivity index (χ1n) is 9.46. The fraction of sp³-hybridized carbons (Fsp3) is 0.0909. The molecule has 0 aliphatic heterocycles. The normalized spacial score (nSPS) is 11.7. The molecule has 0 bridgehead atoms. The smallest absolute Gasteiger partial charge is 0.288 e. The molecule has 2 N–H and O–H groups in total. The SMILES string of the molecule is NCc1ccc2c(S(=O)(=O)c3ccccc3[N+](=O)[O-])cn(Cc3cc(F)cc(F)c3)c2c1. The van der Waals surface area contributed by atoms with Gasteiger partial charge in [-0.3, -0.25) is 10.1 Å². The minimum atomic E-state index is -4.29. The van der Waals surface area contributed by atoms with E-state index in [1.165, 1.54) is 29.0 Å². The molecular weight excluding hydrogens is 440 g/mol. The summed E-state index contributed by atoms with van der Waals surface area (Å²) in [6.07, 6.45) is 1.32. The number of para-hydroxylation sites is 1. The summed E-state index contributed by atoms with van der Waals surface area (Å²) in [4.78, 5) is 10.1. The zero-order valence-corrected chi connectivity index (χ0v) is 17.4. The third-order valence-electron chi connectivity index (χ3n) is 5.06. The van der Waals surface area contributed by atoms with Gasteiger partial charge in [-0.15, -0.1) is 0 Å².